The number of unbranched alkanes of at least 4 members (excludes halogenated alkanes) is 8. The van der Waals surface area contributed by atoms with Crippen molar-refractivity contribution in [1.82, 2.24) is 9.80 Å². The Kier molecular flexibility index (Phi) is 8.77. The quantitative estimate of drug-likeness (QED) is 0.487. The Bertz CT molecular complexity index is 237. The minimum atomic E-state index is 0.569. The molecule has 0 bridgehead atoms. The van der Waals surface area contributed by atoms with Crippen LogP contribution in [0.5, 0.6) is 0 Å². The van der Waals surface area contributed by atoms with Gasteiger partial charge in [0.15, 0.2) is 0 Å². The first kappa shape index (κ1) is 16.4. The molecule has 0 saturated heterocycles. The molecule has 1 aliphatic heterocycles. The zero-order valence-electron chi connectivity index (χ0n) is 13.4. The summed E-state index contributed by atoms with van der Waals surface area (Å²) in [6.07, 6.45) is 17.8. The molecule has 2 heteroatoms. The monoisotopic (exact) mass is 266 g/mol. The molecule has 1 rings (SSSR count). The van der Waals surface area contributed by atoms with Crippen LogP contribution in [0.1, 0.15) is 78.6 Å². The number of hydrogen-bond acceptors (Lipinski definition) is 2. The molecule has 0 aromatic rings. The molecule has 0 saturated carbocycles. The SMILES string of the molecule is CCCCCCCCCCCN1C=CN(CC)C1C. The first-order valence-electron chi connectivity index (χ1n) is 8.49. The lowest BCUT2D eigenvalue weighted by Gasteiger charge is -2.28. The summed E-state index contributed by atoms with van der Waals surface area (Å²) >= 11 is 0. The van der Waals surface area contributed by atoms with E-state index < -0.39 is 0 Å². The van der Waals surface area contributed by atoms with Gasteiger partial charge in [0, 0.05) is 25.5 Å². The largest absolute Gasteiger partial charge is 0.357 e. The molecule has 0 radical (unpaired) electrons. The highest BCUT2D eigenvalue weighted by Gasteiger charge is 2.19. The van der Waals surface area contributed by atoms with E-state index in [1.54, 1.807) is 0 Å². The molecule has 0 fully saturated rings. The molecular formula is C17H34N2. The van der Waals surface area contributed by atoms with Crippen LogP contribution < -0.4 is 0 Å². The van der Waals surface area contributed by atoms with Crippen molar-refractivity contribution >= 4 is 0 Å². The minimum absolute atomic E-state index is 0.569. The summed E-state index contributed by atoms with van der Waals surface area (Å²) in [6.45, 7) is 9.16. The fourth-order valence-electron chi connectivity index (χ4n) is 2.85. The predicted octanol–water partition coefficient (Wildman–Crippen LogP) is 4.97. The molecule has 19 heavy (non-hydrogen) atoms. The van der Waals surface area contributed by atoms with Gasteiger partial charge in [-0.3, -0.25) is 0 Å². The molecule has 0 aromatic heterocycles. The highest BCUT2D eigenvalue weighted by atomic mass is 15.4. The van der Waals surface area contributed by atoms with Gasteiger partial charge in [0.25, 0.3) is 0 Å². The Morgan fingerprint density at radius 1 is 0.737 bits per heavy atom. The molecular weight excluding hydrogens is 232 g/mol. The Hall–Kier alpha value is -0.660. The van der Waals surface area contributed by atoms with E-state index in [-0.39, 0.29) is 0 Å². The van der Waals surface area contributed by atoms with Crippen LogP contribution in [-0.4, -0.2) is 29.1 Å². The smallest absolute Gasteiger partial charge is 0.0977 e. The van der Waals surface area contributed by atoms with Crippen LogP contribution in [-0.2, 0) is 0 Å². The third-order valence-electron chi connectivity index (χ3n) is 4.29. The summed E-state index contributed by atoms with van der Waals surface area (Å²) in [4.78, 5) is 4.87. The summed E-state index contributed by atoms with van der Waals surface area (Å²) in [5.41, 5.74) is 0. The maximum absolute atomic E-state index is 2.48. The standard InChI is InChI=1S/C17H34N2/c1-4-6-7-8-9-10-11-12-13-14-19-16-15-18(5-2)17(19)3/h15-17H,4-14H2,1-3H3. The van der Waals surface area contributed by atoms with E-state index in [0.717, 1.165) is 6.54 Å². The van der Waals surface area contributed by atoms with Gasteiger partial charge in [0.1, 0.15) is 0 Å². The number of rotatable bonds is 11. The normalized spacial score (nSPS) is 18.6. The van der Waals surface area contributed by atoms with E-state index in [0.29, 0.717) is 6.17 Å². The average Bonchev–Trinajstić information content (AvgIpc) is 2.78. The van der Waals surface area contributed by atoms with Crippen LogP contribution in [0.2, 0.25) is 0 Å². The fourth-order valence-corrected chi connectivity index (χ4v) is 2.85. The Morgan fingerprint density at radius 3 is 1.79 bits per heavy atom. The van der Waals surface area contributed by atoms with Crippen LogP contribution in [0, 0.1) is 0 Å². The third-order valence-corrected chi connectivity index (χ3v) is 4.29. The molecule has 0 spiro atoms. The van der Waals surface area contributed by atoms with Gasteiger partial charge >= 0.3 is 0 Å². The molecule has 1 heterocycles. The second-order valence-electron chi connectivity index (χ2n) is 5.83. The lowest BCUT2D eigenvalue weighted by molar-refractivity contribution is 0.173. The summed E-state index contributed by atoms with van der Waals surface area (Å²) in [5, 5.41) is 0. The molecule has 0 aromatic carbocycles. The van der Waals surface area contributed by atoms with E-state index in [2.05, 4.69) is 43.0 Å². The zero-order valence-corrected chi connectivity index (χ0v) is 13.4. The van der Waals surface area contributed by atoms with Gasteiger partial charge < -0.3 is 9.80 Å². The second-order valence-corrected chi connectivity index (χ2v) is 5.83. The molecule has 0 aliphatic carbocycles. The highest BCUT2D eigenvalue weighted by Crippen LogP contribution is 2.16. The molecule has 0 amide bonds. The zero-order chi connectivity index (χ0) is 13.9. The van der Waals surface area contributed by atoms with Gasteiger partial charge in [-0.1, -0.05) is 58.3 Å². The fraction of sp³-hybridized carbons (Fsp3) is 0.882. The summed E-state index contributed by atoms with van der Waals surface area (Å²) in [7, 11) is 0. The molecule has 112 valence electrons. The van der Waals surface area contributed by atoms with Gasteiger partial charge in [0.05, 0.1) is 6.17 Å². The Labute approximate surface area is 120 Å². The third kappa shape index (κ3) is 6.35. The molecule has 2 nitrogen and oxygen atoms in total. The minimum Gasteiger partial charge on any atom is -0.357 e. The lowest BCUT2D eigenvalue weighted by atomic mass is 10.1. The van der Waals surface area contributed by atoms with Gasteiger partial charge in [-0.25, -0.2) is 0 Å². The van der Waals surface area contributed by atoms with E-state index in [9.17, 15) is 0 Å². The van der Waals surface area contributed by atoms with Gasteiger partial charge in [-0.15, -0.1) is 0 Å². The van der Waals surface area contributed by atoms with Crippen molar-refractivity contribution in [2.75, 3.05) is 13.1 Å². The second kappa shape index (κ2) is 10.2. The van der Waals surface area contributed by atoms with E-state index in [1.807, 2.05) is 0 Å². The maximum atomic E-state index is 2.48. The topological polar surface area (TPSA) is 6.48 Å². The first-order valence-corrected chi connectivity index (χ1v) is 8.49. The van der Waals surface area contributed by atoms with Crippen molar-refractivity contribution in [2.24, 2.45) is 0 Å². The van der Waals surface area contributed by atoms with Gasteiger partial charge in [-0.05, 0) is 20.3 Å². The summed E-state index contributed by atoms with van der Waals surface area (Å²) in [5.74, 6) is 0. The van der Waals surface area contributed by atoms with Crippen molar-refractivity contribution in [3.8, 4) is 0 Å². The van der Waals surface area contributed by atoms with Gasteiger partial charge in [-0.2, -0.15) is 0 Å². The lowest BCUT2D eigenvalue weighted by Crippen LogP contribution is -2.36. The molecule has 1 atom stereocenters. The van der Waals surface area contributed by atoms with E-state index >= 15 is 0 Å². The van der Waals surface area contributed by atoms with Crippen molar-refractivity contribution in [2.45, 2.75) is 84.7 Å². The highest BCUT2D eigenvalue weighted by molar-refractivity contribution is 4.94. The molecule has 1 unspecified atom stereocenters. The van der Waals surface area contributed by atoms with Crippen LogP contribution in [0.25, 0.3) is 0 Å². The van der Waals surface area contributed by atoms with Crippen LogP contribution in [0.4, 0.5) is 0 Å². The van der Waals surface area contributed by atoms with Crippen molar-refractivity contribution in [3.63, 3.8) is 0 Å². The Morgan fingerprint density at radius 2 is 1.26 bits per heavy atom. The van der Waals surface area contributed by atoms with Crippen LogP contribution in [0.15, 0.2) is 12.4 Å². The number of hydrogen-bond donors (Lipinski definition) is 0. The van der Waals surface area contributed by atoms with Crippen LogP contribution in [0.3, 0.4) is 0 Å². The summed E-state index contributed by atoms with van der Waals surface area (Å²) in [6, 6.07) is 0. The van der Waals surface area contributed by atoms with Crippen molar-refractivity contribution < 1.29 is 0 Å². The van der Waals surface area contributed by atoms with Crippen molar-refractivity contribution in [3.05, 3.63) is 12.4 Å². The average molecular weight is 266 g/mol. The Balaban J connectivity index is 1.90. The molecule has 1 aliphatic rings. The van der Waals surface area contributed by atoms with Gasteiger partial charge in [0.2, 0.25) is 0 Å². The van der Waals surface area contributed by atoms with Crippen LogP contribution >= 0.6 is 0 Å². The van der Waals surface area contributed by atoms with E-state index in [4.69, 9.17) is 0 Å². The number of nitrogens with zero attached hydrogens (tertiary/aromatic N) is 2. The molecule has 0 N–H and O–H groups in total. The first-order chi connectivity index (χ1) is 9.29. The predicted molar refractivity (Wildman–Crippen MR) is 84.9 cm³/mol. The summed E-state index contributed by atoms with van der Waals surface area (Å²) < 4.78 is 0. The maximum Gasteiger partial charge on any atom is 0.0977 e. The van der Waals surface area contributed by atoms with Crippen molar-refractivity contribution in [1.29, 1.82) is 0 Å². The van der Waals surface area contributed by atoms with E-state index in [1.165, 1.54) is 64.3 Å².